The number of methoxy groups -OCH3 is 1. The van der Waals surface area contributed by atoms with Gasteiger partial charge in [-0.3, -0.25) is 4.72 Å². The van der Waals surface area contributed by atoms with Crippen LogP contribution < -0.4 is 19.1 Å². The molecule has 25 heavy (non-hydrogen) atoms. The lowest BCUT2D eigenvalue weighted by atomic mass is 10.2. The first-order valence-corrected chi connectivity index (χ1v) is 9.58. The molecule has 2 rings (SSSR count). The van der Waals surface area contributed by atoms with Gasteiger partial charge in [-0.1, -0.05) is 17.7 Å². The zero-order valence-electron chi connectivity index (χ0n) is 14.3. The van der Waals surface area contributed by atoms with Gasteiger partial charge in [-0.2, -0.15) is 0 Å². The van der Waals surface area contributed by atoms with Crippen LogP contribution in [0.3, 0.4) is 0 Å². The molecule has 0 atom stereocenters. The Labute approximate surface area is 153 Å². The Morgan fingerprint density at radius 1 is 1.08 bits per heavy atom. The highest BCUT2D eigenvalue weighted by Gasteiger charge is 2.16. The summed E-state index contributed by atoms with van der Waals surface area (Å²) in [4.78, 5) is 1.76. The number of ether oxygens (including phenoxy) is 2. The number of sulfonamides is 1. The molecule has 0 saturated heterocycles. The van der Waals surface area contributed by atoms with Gasteiger partial charge < -0.3 is 14.4 Å². The Kier molecular flexibility index (Phi) is 6.39. The number of para-hydroxylation sites is 1. The van der Waals surface area contributed by atoms with Gasteiger partial charge in [-0.25, -0.2) is 8.42 Å². The minimum absolute atomic E-state index is 0.0273. The number of nitrogens with one attached hydrogen (secondary N) is 1. The molecule has 0 aromatic heterocycles. The summed E-state index contributed by atoms with van der Waals surface area (Å²) < 4.78 is 37.7. The molecule has 0 bridgehead atoms. The summed E-state index contributed by atoms with van der Waals surface area (Å²) >= 11 is 6.15. The minimum Gasteiger partial charge on any atom is -0.497 e. The van der Waals surface area contributed by atoms with E-state index in [4.69, 9.17) is 21.1 Å². The van der Waals surface area contributed by atoms with Crippen LogP contribution in [0.1, 0.15) is 0 Å². The highest BCUT2D eigenvalue weighted by Crippen LogP contribution is 2.33. The molecular weight excluding hydrogens is 364 g/mol. The maximum Gasteiger partial charge on any atom is 0.236 e. The Morgan fingerprint density at radius 3 is 2.32 bits per heavy atom. The van der Waals surface area contributed by atoms with Gasteiger partial charge in [-0.15, -0.1) is 0 Å². The predicted octanol–water partition coefficient (Wildman–Crippen LogP) is 3.24. The fourth-order valence-electron chi connectivity index (χ4n) is 2.21. The first kappa shape index (κ1) is 19.2. The second-order valence-electron chi connectivity index (χ2n) is 5.48. The number of rotatable bonds is 8. The number of anilines is 2. The van der Waals surface area contributed by atoms with Gasteiger partial charge >= 0.3 is 0 Å². The van der Waals surface area contributed by atoms with E-state index in [0.717, 1.165) is 0 Å². The molecule has 0 spiro atoms. The van der Waals surface area contributed by atoms with E-state index in [2.05, 4.69) is 4.72 Å². The van der Waals surface area contributed by atoms with Crippen molar-refractivity contribution in [1.29, 1.82) is 0 Å². The van der Waals surface area contributed by atoms with Crippen LogP contribution >= 0.6 is 11.6 Å². The summed E-state index contributed by atoms with van der Waals surface area (Å²) in [5.74, 6) is 1.10. The number of benzene rings is 2. The van der Waals surface area contributed by atoms with Gasteiger partial charge in [0.25, 0.3) is 0 Å². The Bertz CT molecular complexity index is 808. The van der Waals surface area contributed by atoms with E-state index < -0.39 is 10.0 Å². The lowest BCUT2D eigenvalue weighted by Crippen LogP contribution is -2.23. The van der Waals surface area contributed by atoms with Gasteiger partial charge in [0.15, 0.2) is 0 Å². The number of hydrogen-bond donors (Lipinski definition) is 1. The van der Waals surface area contributed by atoms with E-state index in [1.807, 2.05) is 0 Å². The minimum atomic E-state index is -3.58. The molecule has 0 aliphatic carbocycles. The second kappa shape index (κ2) is 8.31. The summed E-state index contributed by atoms with van der Waals surface area (Å²) in [5, 5.41) is 0.472. The van der Waals surface area contributed by atoms with E-state index in [1.54, 1.807) is 68.6 Å². The smallest absolute Gasteiger partial charge is 0.236 e. The Morgan fingerprint density at radius 2 is 1.72 bits per heavy atom. The summed E-state index contributed by atoms with van der Waals surface area (Å²) in [7, 11) is 1.59. The SMILES string of the molecule is COc1ccc(OCCS(=O)(=O)Nc2cccc(Cl)c2N(C)C)cc1. The molecule has 0 heterocycles. The molecule has 0 amide bonds. The van der Waals surface area contributed by atoms with Gasteiger partial charge in [0.05, 0.1) is 23.5 Å². The molecular formula is C17H21ClN2O4S. The second-order valence-corrected chi connectivity index (χ2v) is 7.72. The standard InChI is InChI=1S/C17H21ClN2O4S/c1-20(2)17-15(18)5-4-6-16(17)19-25(21,22)12-11-24-14-9-7-13(23-3)8-10-14/h4-10,19H,11-12H2,1-3H3. The largest absolute Gasteiger partial charge is 0.497 e. The maximum atomic E-state index is 12.3. The molecule has 0 aliphatic heterocycles. The fourth-order valence-corrected chi connectivity index (χ4v) is 3.46. The van der Waals surface area contributed by atoms with Gasteiger partial charge in [0, 0.05) is 14.1 Å². The third-order valence-electron chi connectivity index (χ3n) is 3.38. The normalized spacial score (nSPS) is 11.0. The topological polar surface area (TPSA) is 67.9 Å². The lowest BCUT2D eigenvalue weighted by molar-refractivity contribution is 0.340. The highest BCUT2D eigenvalue weighted by molar-refractivity contribution is 7.92. The summed E-state index contributed by atoms with van der Waals surface area (Å²) in [6.07, 6.45) is 0. The summed E-state index contributed by atoms with van der Waals surface area (Å²) in [5.41, 5.74) is 1.05. The van der Waals surface area contributed by atoms with Crippen molar-refractivity contribution in [2.24, 2.45) is 0 Å². The van der Waals surface area contributed by atoms with Crippen LogP contribution in [-0.4, -0.2) is 42.0 Å². The predicted molar refractivity (Wildman–Crippen MR) is 102 cm³/mol. The van der Waals surface area contributed by atoms with E-state index >= 15 is 0 Å². The number of nitrogens with zero attached hydrogens (tertiary/aromatic N) is 1. The van der Waals surface area contributed by atoms with Gasteiger partial charge in [0.2, 0.25) is 10.0 Å². The van der Waals surface area contributed by atoms with Crippen molar-refractivity contribution < 1.29 is 17.9 Å². The van der Waals surface area contributed by atoms with E-state index in [-0.39, 0.29) is 12.4 Å². The quantitative estimate of drug-likeness (QED) is 0.756. The zero-order valence-corrected chi connectivity index (χ0v) is 15.9. The van der Waals surface area contributed by atoms with Gasteiger partial charge in [0.1, 0.15) is 23.9 Å². The fraction of sp³-hybridized carbons (Fsp3) is 0.294. The van der Waals surface area contributed by atoms with Crippen LogP contribution in [0.15, 0.2) is 42.5 Å². The van der Waals surface area contributed by atoms with Crippen LogP contribution in [0.5, 0.6) is 11.5 Å². The Balaban J connectivity index is 1.99. The molecule has 0 saturated carbocycles. The monoisotopic (exact) mass is 384 g/mol. The van der Waals surface area contributed by atoms with Crippen LogP contribution in [0.2, 0.25) is 5.02 Å². The Hall–Kier alpha value is -2.12. The van der Waals surface area contributed by atoms with E-state index in [9.17, 15) is 8.42 Å². The highest BCUT2D eigenvalue weighted by atomic mass is 35.5. The van der Waals surface area contributed by atoms with Crippen LogP contribution in [0.4, 0.5) is 11.4 Å². The molecule has 0 aliphatic rings. The summed E-state index contributed by atoms with van der Waals surface area (Å²) in [6.45, 7) is 0.0273. The van der Waals surface area contributed by atoms with Gasteiger partial charge in [-0.05, 0) is 36.4 Å². The average Bonchev–Trinajstić information content (AvgIpc) is 2.54. The molecule has 0 unspecified atom stereocenters. The van der Waals surface area contributed by atoms with Crippen molar-refractivity contribution in [3.8, 4) is 11.5 Å². The van der Waals surface area contributed by atoms with Crippen LogP contribution in [-0.2, 0) is 10.0 Å². The zero-order chi connectivity index (χ0) is 18.4. The van der Waals surface area contributed by atoms with Crippen molar-refractivity contribution in [2.45, 2.75) is 0 Å². The maximum absolute atomic E-state index is 12.3. The van der Waals surface area contributed by atoms with Crippen molar-refractivity contribution in [2.75, 3.05) is 43.2 Å². The summed E-state index contributed by atoms with van der Waals surface area (Å²) in [6, 6.07) is 12.0. The molecule has 1 N–H and O–H groups in total. The third kappa shape index (κ3) is 5.44. The van der Waals surface area contributed by atoms with E-state index in [0.29, 0.717) is 27.9 Å². The molecule has 2 aromatic carbocycles. The number of hydrogen-bond acceptors (Lipinski definition) is 5. The molecule has 136 valence electrons. The molecule has 2 aromatic rings. The third-order valence-corrected chi connectivity index (χ3v) is 4.92. The first-order chi connectivity index (χ1) is 11.8. The van der Waals surface area contributed by atoms with Crippen LogP contribution in [0.25, 0.3) is 0 Å². The van der Waals surface area contributed by atoms with Crippen molar-refractivity contribution in [3.05, 3.63) is 47.5 Å². The average molecular weight is 385 g/mol. The van der Waals surface area contributed by atoms with Crippen molar-refractivity contribution >= 4 is 33.0 Å². The van der Waals surface area contributed by atoms with Crippen molar-refractivity contribution in [3.63, 3.8) is 0 Å². The lowest BCUT2D eigenvalue weighted by Gasteiger charge is -2.20. The molecule has 8 heteroatoms. The van der Waals surface area contributed by atoms with Crippen molar-refractivity contribution in [1.82, 2.24) is 0 Å². The molecule has 0 radical (unpaired) electrons. The van der Waals surface area contributed by atoms with E-state index in [1.165, 1.54) is 0 Å². The van der Waals surface area contributed by atoms with Crippen LogP contribution in [0, 0.1) is 0 Å². The molecule has 0 fully saturated rings. The molecule has 6 nitrogen and oxygen atoms in total. The number of halogens is 1. The first-order valence-electron chi connectivity index (χ1n) is 7.55.